The maximum Gasteiger partial charge on any atom is 0.241 e. The maximum absolute atomic E-state index is 12.9. The van der Waals surface area contributed by atoms with Crippen molar-refractivity contribution in [3.8, 4) is 0 Å². The zero-order chi connectivity index (χ0) is 20.1. The van der Waals surface area contributed by atoms with Crippen LogP contribution in [0.5, 0.6) is 0 Å². The highest BCUT2D eigenvalue weighted by Crippen LogP contribution is 2.37. The van der Waals surface area contributed by atoms with E-state index in [1.165, 1.54) is 5.56 Å². The summed E-state index contributed by atoms with van der Waals surface area (Å²) in [6, 6.07) is 10.8. The number of carbonyl (C=O) groups is 1. The fourth-order valence-corrected chi connectivity index (χ4v) is 5.01. The van der Waals surface area contributed by atoms with E-state index in [0.29, 0.717) is 13.0 Å². The molecule has 1 amide bonds. The van der Waals surface area contributed by atoms with Gasteiger partial charge in [0.05, 0.1) is 4.90 Å². The van der Waals surface area contributed by atoms with Crippen LogP contribution in [0.1, 0.15) is 48.1 Å². The Morgan fingerprint density at radius 1 is 1.11 bits per heavy atom. The van der Waals surface area contributed by atoms with Gasteiger partial charge in [-0.05, 0) is 80.5 Å². The monoisotopic (exact) mass is 398 g/mol. The van der Waals surface area contributed by atoms with E-state index < -0.39 is 10.0 Å². The summed E-state index contributed by atoms with van der Waals surface area (Å²) in [6.07, 6.45) is 2.64. The van der Waals surface area contributed by atoms with Crippen LogP contribution < -0.4 is 9.62 Å². The van der Waals surface area contributed by atoms with Crippen LogP contribution in [0.3, 0.4) is 0 Å². The minimum Gasteiger partial charge on any atom is -0.312 e. The predicted octanol–water partition coefficient (Wildman–Crippen LogP) is 3.64. The molecule has 28 heavy (non-hydrogen) atoms. The topological polar surface area (TPSA) is 66.5 Å². The molecule has 2 aromatic rings. The molecule has 6 heteroatoms. The number of aryl methyl sites for hydroxylation is 2. The summed E-state index contributed by atoms with van der Waals surface area (Å²) >= 11 is 0. The van der Waals surface area contributed by atoms with Gasteiger partial charge in [0.1, 0.15) is 0 Å². The highest BCUT2D eigenvalue weighted by Gasteiger charge is 2.36. The fraction of sp³-hybridized carbons (Fsp3) is 0.409. The van der Waals surface area contributed by atoms with E-state index in [-0.39, 0.29) is 22.8 Å². The van der Waals surface area contributed by atoms with Gasteiger partial charge in [0.15, 0.2) is 0 Å². The van der Waals surface area contributed by atoms with E-state index in [0.717, 1.165) is 35.2 Å². The number of hydrogen-bond acceptors (Lipinski definition) is 3. The second-order valence-electron chi connectivity index (χ2n) is 7.99. The van der Waals surface area contributed by atoms with Crippen molar-refractivity contribution in [3.63, 3.8) is 0 Å². The zero-order valence-corrected chi connectivity index (χ0v) is 17.3. The lowest BCUT2D eigenvalue weighted by molar-refractivity contribution is -0.119. The molecule has 2 aromatic carbocycles. The SMILES string of the molecule is Cc1ccc([C@@H](C)NS(=O)(=O)c2ccc3c(c2)CCN3C(=O)C2CC2)cc1C. The van der Waals surface area contributed by atoms with Crippen molar-refractivity contribution in [1.29, 1.82) is 0 Å². The fourth-order valence-electron chi connectivity index (χ4n) is 3.73. The number of hydrogen-bond donors (Lipinski definition) is 1. The zero-order valence-electron chi connectivity index (χ0n) is 16.5. The Labute approximate surface area is 166 Å². The van der Waals surface area contributed by atoms with E-state index >= 15 is 0 Å². The third-order valence-electron chi connectivity index (χ3n) is 5.81. The van der Waals surface area contributed by atoms with Crippen molar-refractivity contribution >= 4 is 21.6 Å². The molecule has 1 fully saturated rings. The number of benzene rings is 2. The Morgan fingerprint density at radius 3 is 2.54 bits per heavy atom. The normalized spacial score (nSPS) is 17.5. The summed E-state index contributed by atoms with van der Waals surface area (Å²) < 4.78 is 28.6. The van der Waals surface area contributed by atoms with Crippen LogP contribution in [0.25, 0.3) is 0 Å². The molecule has 1 atom stereocenters. The summed E-state index contributed by atoms with van der Waals surface area (Å²) in [7, 11) is -3.65. The quantitative estimate of drug-likeness (QED) is 0.836. The molecule has 4 rings (SSSR count). The van der Waals surface area contributed by atoms with Gasteiger partial charge in [-0.3, -0.25) is 4.79 Å². The number of nitrogens with one attached hydrogen (secondary N) is 1. The summed E-state index contributed by atoms with van der Waals surface area (Å²) in [4.78, 5) is 14.5. The standard InChI is InChI=1S/C22H26N2O3S/c1-14-4-5-18(12-15(14)2)16(3)23-28(26,27)20-8-9-21-19(13-20)10-11-24(21)22(25)17-6-7-17/h4-5,8-9,12-13,16-17,23H,6-7,10-11H2,1-3H3/t16-/m1/s1. The molecule has 0 aromatic heterocycles. The lowest BCUT2D eigenvalue weighted by Gasteiger charge is -2.18. The number of carbonyl (C=O) groups excluding carboxylic acids is 1. The van der Waals surface area contributed by atoms with Crippen LogP contribution in [-0.2, 0) is 21.2 Å². The van der Waals surface area contributed by atoms with Gasteiger partial charge in [-0.15, -0.1) is 0 Å². The highest BCUT2D eigenvalue weighted by atomic mass is 32.2. The lowest BCUT2D eigenvalue weighted by atomic mass is 10.0. The van der Waals surface area contributed by atoms with E-state index in [1.54, 1.807) is 18.2 Å². The summed E-state index contributed by atoms with van der Waals surface area (Å²) in [5.74, 6) is 0.339. The van der Waals surface area contributed by atoms with Gasteiger partial charge in [0.25, 0.3) is 0 Å². The van der Waals surface area contributed by atoms with E-state index in [2.05, 4.69) is 4.72 Å². The van der Waals surface area contributed by atoms with Crippen molar-refractivity contribution in [3.05, 3.63) is 58.7 Å². The van der Waals surface area contributed by atoms with Crippen molar-refractivity contribution in [1.82, 2.24) is 4.72 Å². The molecule has 1 N–H and O–H groups in total. The third kappa shape index (κ3) is 3.59. The van der Waals surface area contributed by atoms with Gasteiger partial charge in [-0.1, -0.05) is 18.2 Å². The number of fused-ring (bicyclic) bond motifs is 1. The Balaban J connectivity index is 1.54. The number of nitrogens with zero attached hydrogens (tertiary/aromatic N) is 1. The molecule has 1 aliphatic carbocycles. The van der Waals surface area contributed by atoms with E-state index in [1.807, 2.05) is 43.9 Å². The third-order valence-corrected chi connectivity index (χ3v) is 7.35. The molecule has 148 valence electrons. The van der Waals surface area contributed by atoms with Crippen molar-refractivity contribution in [2.75, 3.05) is 11.4 Å². The Kier molecular flexibility index (Phi) is 4.79. The number of anilines is 1. The molecule has 0 saturated heterocycles. The Bertz CT molecular complexity index is 1040. The molecular weight excluding hydrogens is 372 g/mol. The van der Waals surface area contributed by atoms with Gasteiger partial charge in [-0.25, -0.2) is 13.1 Å². The molecule has 1 heterocycles. The van der Waals surface area contributed by atoms with Gasteiger partial charge >= 0.3 is 0 Å². The van der Waals surface area contributed by atoms with Crippen LogP contribution >= 0.6 is 0 Å². The number of rotatable bonds is 5. The predicted molar refractivity (Wildman–Crippen MR) is 110 cm³/mol. The van der Waals surface area contributed by atoms with Crippen molar-refractivity contribution in [2.45, 2.75) is 51.0 Å². The van der Waals surface area contributed by atoms with Crippen molar-refractivity contribution < 1.29 is 13.2 Å². The molecule has 5 nitrogen and oxygen atoms in total. The first-order valence-corrected chi connectivity index (χ1v) is 11.3. The van der Waals surface area contributed by atoms with Crippen LogP contribution in [0.15, 0.2) is 41.3 Å². The summed E-state index contributed by atoms with van der Waals surface area (Å²) in [5.41, 5.74) is 5.05. The largest absolute Gasteiger partial charge is 0.312 e. The van der Waals surface area contributed by atoms with Crippen molar-refractivity contribution in [2.24, 2.45) is 5.92 Å². The molecule has 0 radical (unpaired) electrons. The Morgan fingerprint density at radius 2 is 1.86 bits per heavy atom. The molecule has 1 saturated carbocycles. The maximum atomic E-state index is 12.9. The molecule has 0 spiro atoms. The molecular formula is C22H26N2O3S. The average molecular weight is 399 g/mol. The first-order valence-electron chi connectivity index (χ1n) is 9.80. The molecule has 1 aliphatic heterocycles. The summed E-state index contributed by atoms with van der Waals surface area (Å²) in [6.45, 7) is 6.55. The van der Waals surface area contributed by atoms with Crippen LogP contribution in [0, 0.1) is 19.8 Å². The second-order valence-corrected chi connectivity index (χ2v) is 9.71. The van der Waals surface area contributed by atoms with E-state index in [9.17, 15) is 13.2 Å². The highest BCUT2D eigenvalue weighted by molar-refractivity contribution is 7.89. The average Bonchev–Trinajstić information content (AvgIpc) is 3.42. The lowest BCUT2D eigenvalue weighted by Crippen LogP contribution is -2.30. The van der Waals surface area contributed by atoms with Gasteiger partial charge < -0.3 is 4.90 Å². The minimum absolute atomic E-state index is 0.162. The molecule has 2 aliphatic rings. The summed E-state index contributed by atoms with van der Waals surface area (Å²) in [5, 5.41) is 0. The number of amides is 1. The second kappa shape index (κ2) is 7.01. The van der Waals surface area contributed by atoms with Crippen LogP contribution in [0.4, 0.5) is 5.69 Å². The first kappa shape index (κ1) is 19.2. The molecule has 0 bridgehead atoms. The first-order chi connectivity index (χ1) is 13.3. The van der Waals surface area contributed by atoms with Gasteiger partial charge in [0, 0.05) is 24.2 Å². The van der Waals surface area contributed by atoms with Gasteiger partial charge in [-0.2, -0.15) is 0 Å². The van der Waals surface area contributed by atoms with Crippen LogP contribution in [0.2, 0.25) is 0 Å². The Hall–Kier alpha value is -2.18. The smallest absolute Gasteiger partial charge is 0.241 e. The molecule has 0 unspecified atom stereocenters. The van der Waals surface area contributed by atoms with Gasteiger partial charge in [0.2, 0.25) is 15.9 Å². The van der Waals surface area contributed by atoms with E-state index in [4.69, 9.17) is 0 Å². The minimum atomic E-state index is -3.65. The number of sulfonamides is 1. The van der Waals surface area contributed by atoms with Crippen LogP contribution in [-0.4, -0.2) is 20.9 Å².